The fourth-order valence-electron chi connectivity index (χ4n) is 1.13. The van der Waals surface area contributed by atoms with Gasteiger partial charge in [0.25, 0.3) is 6.43 Å². The highest BCUT2D eigenvalue weighted by molar-refractivity contribution is 5.43. The minimum absolute atomic E-state index is 0.551. The van der Waals surface area contributed by atoms with Crippen molar-refractivity contribution in [3.63, 3.8) is 0 Å². The van der Waals surface area contributed by atoms with Gasteiger partial charge >= 0.3 is 6.18 Å². The van der Waals surface area contributed by atoms with Crippen molar-refractivity contribution in [2.24, 2.45) is 0 Å². The summed E-state index contributed by atoms with van der Waals surface area (Å²) in [6.07, 6.45) is -8.19. The molecule has 0 N–H and O–H groups in total. The molecular weight excluding hydrogens is 247 g/mol. The number of hydrogen-bond acceptors (Lipinski definition) is 3. The number of nitriles is 1. The van der Waals surface area contributed by atoms with E-state index >= 15 is 0 Å². The van der Waals surface area contributed by atoms with Crippen LogP contribution in [0.25, 0.3) is 0 Å². The number of alkyl halides is 5. The van der Waals surface area contributed by atoms with Crippen LogP contribution in [-0.2, 0) is 6.18 Å². The van der Waals surface area contributed by atoms with E-state index in [1.165, 1.54) is 6.07 Å². The summed E-state index contributed by atoms with van der Waals surface area (Å²) in [6.45, 7) is 0. The molecule has 0 saturated heterocycles. The molecule has 1 heterocycles. The Balaban J connectivity index is 3.52. The molecule has 1 rings (SSSR count). The van der Waals surface area contributed by atoms with Gasteiger partial charge in [0.05, 0.1) is 12.7 Å². The molecule has 0 aromatic carbocycles. The van der Waals surface area contributed by atoms with E-state index in [9.17, 15) is 22.0 Å². The van der Waals surface area contributed by atoms with Gasteiger partial charge < -0.3 is 4.74 Å². The molecule has 8 heteroatoms. The van der Waals surface area contributed by atoms with Crippen molar-refractivity contribution in [2.75, 3.05) is 7.11 Å². The van der Waals surface area contributed by atoms with Crippen molar-refractivity contribution < 1.29 is 26.7 Å². The highest BCUT2D eigenvalue weighted by Crippen LogP contribution is 2.35. The van der Waals surface area contributed by atoms with Crippen molar-refractivity contribution >= 4 is 0 Å². The topological polar surface area (TPSA) is 45.9 Å². The summed E-state index contributed by atoms with van der Waals surface area (Å²) < 4.78 is 66.6. The Hall–Kier alpha value is -1.91. The number of aromatic nitrogens is 1. The average Bonchev–Trinajstić information content (AvgIpc) is 2.25. The number of rotatable bonds is 2. The monoisotopic (exact) mass is 252 g/mol. The molecule has 0 atom stereocenters. The average molecular weight is 252 g/mol. The van der Waals surface area contributed by atoms with Crippen LogP contribution in [-0.4, -0.2) is 12.1 Å². The fraction of sp³-hybridized carbons (Fsp3) is 0.333. The normalized spacial score (nSPS) is 11.4. The maximum Gasteiger partial charge on any atom is 0.434 e. The van der Waals surface area contributed by atoms with Crippen molar-refractivity contribution in [3.05, 3.63) is 23.0 Å². The van der Waals surface area contributed by atoms with Crippen LogP contribution in [0.1, 0.15) is 23.4 Å². The van der Waals surface area contributed by atoms with Gasteiger partial charge in [-0.05, 0) is 0 Å². The predicted molar refractivity (Wildman–Crippen MR) is 45.5 cm³/mol. The summed E-state index contributed by atoms with van der Waals surface area (Å²) in [7, 11) is 0.997. The Morgan fingerprint density at radius 2 is 2.00 bits per heavy atom. The molecule has 0 aliphatic rings. The van der Waals surface area contributed by atoms with Gasteiger partial charge in [-0.3, -0.25) is 0 Å². The van der Waals surface area contributed by atoms with Crippen LogP contribution in [0.2, 0.25) is 0 Å². The van der Waals surface area contributed by atoms with E-state index in [2.05, 4.69) is 9.72 Å². The number of methoxy groups -OCH3 is 1. The highest BCUT2D eigenvalue weighted by atomic mass is 19.4. The molecule has 0 bridgehead atoms. The molecule has 0 amide bonds. The molecule has 0 unspecified atom stereocenters. The minimum atomic E-state index is -4.97. The number of hydrogen-bond donors (Lipinski definition) is 0. The zero-order chi connectivity index (χ0) is 13.2. The summed E-state index contributed by atoms with van der Waals surface area (Å²) in [4.78, 5) is 2.76. The lowest BCUT2D eigenvalue weighted by molar-refractivity contribution is -0.141. The van der Waals surface area contributed by atoms with Crippen LogP contribution >= 0.6 is 0 Å². The van der Waals surface area contributed by atoms with Crippen LogP contribution in [0.5, 0.6) is 5.75 Å². The van der Waals surface area contributed by atoms with E-state index in [0.717, 1.165) is 7.11 Å². The molecule has 0 saturated carbocycles. The van der Waals surface area contributed by atoms with Crippen molar-refractivity contribution in [1.82, 2.24) is 4.98 Å². The molecule has 0 radical (unpaired) electrons. The van der Waals surface area contributed by atoms with Gasteiger partial charge in [-0.25, -0.2) is 13.8 Å². The second-order valence-electron chi connectivity index (χ2n) is 2.88. The fourth-order valence-corrected chi connectivity index (χ4v) is 1.13. The van der Waals surface area contributed by atoms with Crippen LogP contribution in [0.3, 0.4) is 0 Å². The molecule has 17 heavy (non-hydrogen) atoms. The number of pyridine rings is 1. The first-order valence-corrected chi connectivity index (χ1v) is 4.15. The lowest BCUT2D eigenvalue weighted by Crippen LogP contribution is -2.13. The Bertz CT molecular complexity index is 464. The van der Waals surface area contributed by atoms with E-state index in [0.29, 0.717) is 6.07 Å². The number of halogens is 5. The van der Waals surface area contributed by atoms with Gasteiger partial charge in [-0.1, -0.05) is 0 Å². The Labute approximate surface area is 92.4 Å². The summed E-state index contributed by atoms with van der Waals surface area (Å²) in [6, 6.07) is 1.83. The zero-order valence-corrected chi connectivity index (χ0v) is 8.35. The van der Waals surface area contributed by atoms with Crippen molar-refractivity contribution in [3.8, 4) is 11.8 Å². The van der Waals surface area contributed by atoms with Gasteiger partial charge in [-0.15, -0.1) is 0 Å². The third-order valence-corrected chi connectivity index (χ3v) is 1.83. The van der Waals surface area contributed by atoms with E-state index in [-0.39, 0.29) is 0 Å². The summed E-state index contributed by atoms with van der Waals surface area (Å²) in [5.74, 6) is -0.551. The zero-order valence-electron chi connectivity index (χ0n) is 8.35. The SMILES string of the molecule is COc1cc(C#N)c(C(F)(F)F)nc1C(F)F. The Morgan fingerprint density at radius 1 is 1.41 bits per heavy atom. The van der Waals surface area contributed by atoms with Crippen molar-refractivity contribution in [1.29, 1.82) is 5.26 Å². The van der Waals surface area contributed by atoms with Gasteiger partial charge in [0.1, 0.15) is 17.5 Å². The van der Waals surface area contributed by atoms with E-state index in [4.69, 9.17) is 5.26 Å². The summed E-state index contributed by atoms with van der Waals surface area (Å²) >= 11 is 0. The third kappa shape index (κ3) is 2.61. The second kappa shape index (κ2) is 4.53. The standard InChI is InChI=1S/C9H5F5N2O/c1-17-5-2-4(3-15)7(9(12,13)14)16-6(5)8(10)11/h2,8H,1H3. The molecule has 92 valence electrons. The first-order valence-electron chi connectivity index (χ1n) is 4.15. The van der Waals surface area contributed by atoms with Crippen LogP contribution in [0.4, 0.5) is 22.0 Å². The Kier molecular flexibility index (Phi) is 3.50. The summed E-state index contributed by atoms with van der Waals surface area (Å²) in [5.41, 5.74) is -3.64. The maximum absolute atomic E-state index is 12.4. The summed E-state index contributed by atoms with van der Waals surface area (Å²) in [5, 5.41) is 8.50. The van der Waals surface area contributed by atoms with Crippen LogP contribution in [0.15, 0.2) is 6.07 Å². The lowest BCUT2D eigenvalue weighted by Gasteiger charge is -2.12. The highest BCUT2D eigenvalue weighted by Gasteiger charge is 2.37. The molecule has 0 aliphatic carbocycles. The maximum atomic E-state index is 12.4. The number of ether oxygens (including phenoxy) is 1. The third-order valence-electron chi connectivity index (χ3n) is 1.83. The van der Waals surface area contributed by atoms with E-state index in [1.54, 1.807) is 0 Å². The Morgan fingerprint density at radius 3 is 2.35 bits per heavy atom. The number of nitrogens with zero attached hydrogens (tertiary/aromatic N) is 2. The van der Waals surface area contributed by atoms with Gasteiger partial charge in [0, 0.05) is 6.07 Å². The van der Waals surface area contributed by atoms with Crippen LogP contribution in [0, 0.1) is 11.3 Å². The second-order valence-corrected chi connectivity index (χ2v) is 2.88. The predicted octanol–water partition coefficient (Wildman–Crippen LogP) is 2.92. The van der Waals surface area contributed by atoms with Crippen molar-refractivity contribution in [2.45, 2.75) is 12.6 Å². The molecule has 0 fully saturated rings. The first kappa shape index (κ1) is 13.2. The van der Waals surface area contributed by atoms with Gasteiger partial charge in [0.15, 0.2) is 5.69 Å². The van der Waals surface area contributed by atoms with Gasteiger partial charge in [-0.2, -0.15) is 18.4 Å². The van der Waals surface area contributed by atoms with E-state index < -0.39 is 35.3 Å². The quantitative estimate of drug-likeness (QED) is 0.760. The largest absolute Gasteiger partial charge is 0.495 e. The van der Waals surface area contributed by atoms with Gasteiger partial charge in [0.2, 0.25) is 0 Å². The van der Waals surface area contributed by atoms with Crippen LogP contribution < -0.4 is 4.74 Å². The lowest BCUT2D eigenvalue weighted by atomic mass is 10.1. The molecule has 3 nitrogen and oxygen atoms in total. The molecule has 0 aliphatic heterocycles. The molecule has 0 spiro atoms. The molecular formula is C9H5F5N2O. The minimum Gasteiger partial charge on any atom is -0.495 e. The van der Waals surface area contributed by atoms with E-state index in [1.807, 2.05) is 0 Å². The molecule has 1 aromatic rings. The molecule has 1 aromatic heterocycles. The first-order chi connectivity index (χ1) is 7.81. The smallest absolute Gasteiger partial charge is 0.434 e.